The molecule has 0 unspecified atom stereocenters. The molecule has 4 rings (SSSR count). The van der Waals surface area contributed by atoms with Crippen LogP contribution >= 0.6 is 0 Å². The lowest BCUT2D eigenvalue weighted by Crippen LogP contribution is -2.45. The Labute approximate surface area is 228 Å². The van der Waals surface area contributed by atoms with E-state index in [4.69, 9.17) is 20.2 Å². The molecule has 0 radical (unpaired) electrons. The molecule has 0 bridgehead atoms. The van der Waals surface area contributed by atoms with Gasteiger partial charge in [0.1, 0.15) is 5.82 Å². The van der Waals surface area contributed by atoms with E-state index >= 15 is 0 Å². The van der Waals surface area contributed by atoms with E-state index in [9.17, 15) is 14.4 Å². The van der Waals surface area contributed by atoms with Gasteiger partial charge in [-0.25, -0.2) is 9.78 Å². The zero-order valence-electron chi connectivity index (χ0n) is 22.6. The number of amides is 2. The van der Waals surface area contributed by atoms with Gasteiger partial charge < -0.3 is 30.0 Å². The lowest BCUT2D eigenvalue weighted by atomic mass is 9.96. The van der Waals surface area contributed by atoms with Crippen molar-refractivity contribution >= 4 is 28.8 Å². The second-order valence-electron chi connectivity index (χ2n) is 9.88. The number of carbonyl (C=O) groups excluding carboxylic acids is 3. The minimum Gasteiger partial charge on any atom is -0.465 e. The predicted octanol–water partition coefficient (Wildman–Crippen LogP) is 2.71. The summed E-state index contributed by atoms with van der Waals surface area (Å²) < 4.78 is 12.2. The van der Waals surface area contributed by atoms with Crippen LogP contribution in [0.15, 0.2) is 48.5 Å². The highest BCUT2D eigenvalue weighted by molar-refractivity contribution is 5.97. The number of rotatable bonds is 11. The number of piperidine rings is 1. The first kappa shape index (κ1) is 28.3. The van der Waals surface area contributed by atoms with Crippen molar-refractivity contribution in [3.8, 4) is 0 Å². The van der Waals surface area contributed by atoms with E-state index in [1.165, 1.54) is 13.2 Å². The number of nitrogens with zero attached hydrogens (tertiary/aromatic N) is 3. The molecule has 39 heavy (non-hydrogen) atoms. The van der Waals surface area contributed by atoms with Gasteiger partial charge >= 0.3 is 5.97 Å². The summed E-state index contributed by atoms with van der Waals surface area (Å²) in [5.41, 5.74) is 8.90. The minimum absolute atomic E-state index is 0.0313. The fraction of sp³-hybridized carbons (Fsp3) is 0.448. The molecular weight excluding hydrogens is 498 g/mol. The smallest absolute Gasteiger partial charge is 0.337 e. The number of fused-ring (bicyclic) bond motifs is 1. The molecule has 10 heteroatoms. The second-order valence-corrected chi connectivity index (χ2v) is 9.88. The number of ether oxygens (including phenoxy) is 2. The van der Waals surface area contributed by atoms with Gasteiger partial charge in [0.15, 0.2) is 0 Å². The Morgan fingerprint density at radius 2 is 1.92 bits per heavy atom. The van der Waals surface area contributed by atoms with Gasteiger partial charge in [-0.05, 0) is 49.6 Å². The number of imidazole rings is 1. The first-order chi connectivity index (χ1) is 18.9. The van der Waals surface area contributed by atoms with Crippen LogP contribution in [-0.4, -0.2) is 78.7 Å². The van der Waals surface area contributed by atoms with Gasteiger partial charge in [0.25, 0.3) is 5.91 Å². The normalized spacial score (nSPS) is 16.2. The van der Waals surface area contributed by atoms with Crippen LogP contribution in [0.25, 0.3) is 11.0 Å². The van der Waals surface area contributed by atoms with Crippen molar-refractivity contribution in [2.75, 3.05) is 40.5 Å². The zero-order chi connectivity index (χ0) is 27.8. The van der Waals surface area contributed by atoms with E-state index in [1.54, 1.807) is 25.3 Å². The van der Waals surface area contributed by atoms with Crippen molar-refractivity contribution in [1.29, 1.82) is 0 Å². The molecular formula is C29H37N5O5. The number of nitrogens with one attached hydrogen (secondary N) is 1. The number of para-hydroxylation sites is 2. The maximum atomic E-state index is 13.2. The number of benzene rings is 2. The number of esters is 1. The van der Waals surface area contributed by atoms with Gasteiger partial charge in [-0.15, -0.1) is 0 Å². The number of aryl methyl sites for hydroxylation is 1. The van der Waals surface area contributed by atoms with Crippen molar-refractivity contribution < 1.29 is 23.9 Å². The molecule has 2 heterocycles. The van der Waals surface area contributed by atoms with E-state index in [1.807, 2.05) is 23.1 Å². The number of likely N-dealkylation sites (tertiary alicyclic amines) is 1. The molecule has 1 aliphatic rings. The predicted molar refractivity (Wildman–Crippen MR) is 147 cm³/mol. The standard InChI is InChI=1S/C29H37N5O5/c1-38-15-7-14-34-25-12-4-3-11-24(25)32-27(34)22-10-6-13-33(19-22)26(35)17-23(30)18-31-28(36)20-8-5-9-21(16-20)29(37)39-2/h3-5,8-9,11-12,16,22-23H,6-7,10,13-15,17-19,30H2,1-2H3,(H,31,36)/t22-,23+/m1/s1. The Balaban J connectivity index is 1.35. The summed E-state index contributed by atoms with van der Waals surface area (Å²) in [6, 6.07) is 13.8. The fourth-order valence-corrected chi connectivity index (χ4v) is 5.08. The van der Waals surface area contributed by atoms with E-state index in [0.717, 1.165) is 42.7 Å². The van der Waals surface area contributed by atoms with Crippen molar-refractivity contribution in [1.82, 2.24) is 19.8 Å². The van der Waals surface area contributed by atoms with Gasteiger partial charge in [-0.2, -0.15) is 0 Å². The fourth-order valence-electron chi connectivity index (χ4n) is 5.08. The van der Waals surface area contributed by atoms with Crippen LogP contribution in [0.5, 0.6) is 0 Å². The lowest BCUT2D eigenvalue weighted by molar-refractivity contribution is -0.132. The molecule has 3 N–H and O–H groups in total. The highest BCUT2D eigenvalue weighted by atomic mass is 16.5. The Morgan fingerprint density at radius 3 is 2.72 bits per heavy atom. The largest absolute Gasteiger partial charge is 0.465 e. The van der Waals surface area contributed by atoms with Crippen LogP contribution in [-0.2, 0) is 20.8 Å². The first-order valence-corrected chi connectivity index (χ1v) is 13.3. The van der Waals surface area contributed by atoms with Crippen LogP contribution in [0.3, 0.4) is 0 Å². The van der Waals surface area contributed by atoms with E-state index in [2.05, 4.69) is 16.0 Å². The first-order valence-electron chi connectivity index (χ1n) is 13.3. The van der Waals surface area contributed by atoms with Gasteiger partial charge in [-0.1, -0.05) is 18.2 Å². The van der Waals surface area contributed by atoms with E-state index < -0.39 is 12.0 Å². The van der Waals surface area contributed by atoms with Crippen molar-refractivity contribution in [3.63, 3.8) is 0 Å². The molecule has 2 atom stereocenters. The van der Waals surface area contributed by atoms with Gasteiger partial charge in [0.2, 0.25) is 5.91 Å². The zero-order valence-corrected chi connectivity index (χ0v) is 22.6. The maximum absolute atomic E-state index is 13.2. The summed E-state index contributed by atoms with van der Waals surface area (Å²) in [7, 11) is 2.99. The quantitative estimate of drug-likeness (QED) is 0.285. The van der Waals surface area contributed by atoms with Gasteiger partial charge in [-0.3, -0.25) is 9.59 Å². The van der Waals surface area contributed by atoms with Crippen LogP contribution < -0.4 is 11.1 Å². The lowest BCUT2D eigenvalue weighted by Gasteiger charge is -2.33. The molecule has 3 aromatic rings. The van der Waals surface area contributed by atoms with Gasteiger partial charge in [0.05, 0.1) is 23.7 Å². The number of aromatic nitrogens is 2. The highest BCUT2D eigenvalue weighted by Gasteiger charge is 2.29. The van der Waals surface area contributed by atoms with Crippen molar-refractivity contribution in [2.45, 2.75) is 44.2 Å². The number of methoxy groups -OCH3 is 2. The second kappa shape index (κ2) is 13.3. The molecule has 1 saturated heterocycles. The van der Waals surface area contributed by atoms with Gasteiger partial charge in [0, 0.05) is 63.8 Å². The SMILES string of the molecule is COCCCn1c([C@@H]2CCCN(C(=O)C[C@H](N)CNC(=O)c3cccc(C(=O)OC)c3)C2)nc2ccccc21. The monoisotopic (exact) mass is 535 g/mol. The average molecular weight is 536 g/mol. The number of carbonyl (C=O) groups is 3. The molecule has 10 nitrogen and oxygen atoms in total. The average Bonchev–Trinajstić information content (AvgIpc) is 3.34. The molecule has 2 amide bonds. The molecule has 1 aromatic heterocycles. The third-order valence-electron chi connectivity index (χ3n) is 7.06. The number of hydrogen-bond donors (Lipinski definition) is 2. The Morgan fingerprint density at radius 1 is 1.13 bits per heavy atom. The Kier molecular flexibility index (Phi) is 9.67. The summed E-state index contributed by atoms with van der Waals surface area (Å²) >= 11 is 0. The third kappa shape index (κ3) is 7.01. The molecule has 0 aliphatic carbocycles. The summed E-state index contributed by atoms with van der Waals surface area (Å²) in [5.74, 6) is 0.230. The molecule has 1 fully saturated rings. The summed E-state index contributed by atoms with van der Waals surface area (Å²) in [6.45, 7) is 2.89. The number of nitrogens with two attached hydrogens (primary N) is 1. The Bertz CT molecular complexity index is 1310. The topological polar surface area (TPSA) is 129 Å². The van der Waals surface area contributed by atoms with E-state index in [0.29, 0.717) is 25.3 Å². The van der Waals surface area contributed by atoms with Crippen molar-refractivity contribution in [3.05, 3.63) is 65.5 Å². The summed E-state index contributed by atoms with van der Waals surface area (Å²) in [6.07, 6.45) is 2.86. The molecule has 2 aromatic carbocycles. The summed E-state index contributed by atoms with van der Waals surface area (Å²) in [5, 5.41) is 2.76. The van der Waals surface area contributed by atoms with E-state index in [-0.39, 0.29) is 36.3 Å². The Hall–Kier alpha value is -3.76. The molecule has 0 saturated carbocycles. The molecule has 0 spiro atoms. The maximum Gasteiger partial charge on any atom is 0.337 e. The van der Waals surface area contributed by atoms with Crippen LogP contribution in [0.2, 0.25) is 0 Å². The van der Waals surface area contributed by atoms with Crippen LogP contribution in [0, 0.1) is 0 Å². The van der Waals surface area contributed by atoms with Crippen LogP contribution in [0.4, 0.5) is 0 Å². The summed E-state index contributed by atoms with van der Waals surface area (Å²) in [4.78, 5) is 44.3. The highest BCUT2D eigenvalue weighted by Crippen LogP contribution is 2.30. The van der Waals surface area contributed by atoms with Crippen LogP contribution in [0.1, 0.15) is 58.1 Å². The number of hydrogen-bond acceptors (Lipinski definition) is 7. The minimum atomic E-state index is -0.538. The molecule has 1 aliphatic heterocycles. The van der Waals surface area contributed by atoms with Crippen molar-refractivity contribution in [2.24, 2.45) is 5.73 Å². The third-order valence-corrected chi connectivity index (χ3v) is 7.06. The molecule has 208 valence electrons.